The number of urea groups is 1. The number of nitrogens with one attached hydrogen (secondary N) is 1. The van der Waals surface area contributed by atoms with Crippen molar-refractivity contribution in [3.63, 3.8) is 0 Å². The fourth-order valence-electron chi connectivity index (χ4n) is 2.12. The molecule has 1 aliphatic rings. The molecule has 0 aromatic heterocycles. The lowest BCUT2D eigenvalue weighted by molar-refractivity contribution is -0.0928. The summed E-state index contributed by atoms with van der Waals surface area (Å²) in [7, 11) is 1.77. The second kappa shape index (κ2) is 7.87. The first-order valence-corrected chi connectivity index (χ1v) is 6.98. The molecule has 1 aromatic rings. The predicted octanol–water partition coefficient (Wildman–Crippen LogP) is 1.29. The second-order valence-corrected chi connectivity index (χ2v) is 4.92. The van der Waals surface area contributed by atoms with E-state index in [0.717, 1.165) is 6.42 Å². The highest BCUT2D eigenvalue weighted by Gasteiger charge is 2.18. The van der Waals surface area contributed by atoms with E-state index < -0.39 is 0 Å². The third-order valence-electron chi connectivity index (χ3n) is 3.24. The van der Waals surface area contributed by atoms with Crippen molar-refractivity contribution in [1.82, 2.24) is 10.2 Å². The van der Waals surface area contributed by atoms with Crippen molar-refractivity contribution in [1.29, 1.82) is 0 Å². The van der Waals surface area contributed by atoms with E-state index in [1.807, 2.05) is 18.2 Å². The summed E-state index contributed by atoms with van der Waals surface area (Å²) in [6, 6.07) is 10.0. The number of likely N-dealkylation sites (N-methyl/N-ethyl adjacent to an activating group) is 1. The average molecular weight is 278 g/mol. The molecule has 1 fully saturated rings. The van der Waals surface area contributed by atoms with Gasteiger partial charge in [-0.2, -0.15) is 0 Å². The zero-order valence-corrected chi connectivity index (χ0v) is 11.9. The number of hydrogen-bond donors (Lipinski definition) is 1. The van der Waals surface area contributed by atoms with Crippen molar-refractivity contribution < 1.29 is 14.3 Å². The van der Waals surface area contributed by atoms with E-state index in [9.17, 15) is 4.79 Å². The van der Waals surface area contributed by atoms with E-state index in [1.165, 1.54) is 5.56 Å². The summed E-state index contributed by atoms with van der Waals surface area (Å²) >= 11 is 0. The minimum atomic E-state index is -0.0740. The first-order valence-electron chi connectivity index (χ1n) is 6.98. The van der Waals surface area contributed by atoms with E-state index in [1.54, 1.807) is 11.9 Å². The van der Waals surface area contributed by atoms with Crippen molar-refractivity contribution in [3.8, 4) is 0 Å². The summed E-state index contributed by atoms with van der Waals surface area (Å²) in [6.45, 7) is 2.99. The van der Waals surface area contributed by atoms with Gasteiger partial charge < -0.3 is 19.7 Å². The fraction of sp³-hybridized carbons (Fsp3) is 0.533. The summed E-state index contributed by atoms with van der Waals surface area (Å²) in [5, 5.41) is 2.91. The quantitative estimate of drug-likeness (QED) is 0.883. The zero-order valence-electron chi connectivity index (χ0n) is 11.9. The van der Waals surface area contributed by atoms with Crippen LogP contribution in [0.4, 0.5) is 4.79 Å². The molecule has 1 unspecified atom stereocenters. The number of carbonyl (C=O) groups is 1. The molecule has 1 aromatic carbocycles. The Kier molecular flexibility index (Phi) is 5.83. The van der Waals surface area contributed by atoms with E-state index >= 15 is 0 Å². The summed E-state index contributed by atoms with van der Waals surface area (Å²) < 4.78 is 10.8. The highest BCUT2D eigenvalue weighted by Crippen LogP contribution is 2.03. The SMILES string of the molecule is CN(CC1COCCO1)C(=O)NCCc1ccccc1. The normalized spacial score (nSPS) is 18.6. The average Bonchev–Trinajstić information content (AvgIpc) is 2.49. The first kappa shape index (κ1) is 14.8. The third kappa shape index (κ3) is 4.83. The molecule has 110 valence electrons. The van der Waals surface area contributed by atoms with Crippen LogP contribution in [0, 0.1) is 0 Å². The monoisotopic (exact) mass is 278 g/mol. The minimum absolute atomic E-state index is 0.0198. The van der Waals surface area contributed by atoms with Crippen LogP contribution in [0.2, 0.25) is 0 Å². The van der Waals surface area contributed by atoms with Crippen molar-refractivity contribution in [3.05, 3.63) is 35.9 Å². The Balaban J connectivity index is 1.65. The molecule has 0 saturated carbocycles. The highest BCUT2D eigenvalue weighted by molar-refractivity contribution is 5.73. The van der Waals surface area contributed by atoms with Crippen LogP contribution >= 0.6 is 0 Å². The lowest BCUT2D eigenvalue weighted by Crippen LogP contribution is -2.45. The Bertz CT molecular complexity index is 405. The smallest absolute Gasteiger partial charge is 0.317 e. The van der Waals surface area contributed by atoms with Gasteiger partial charge in [0, 0.05) is 13.6 Å². The lowest BCUT2D eigenvalue weighted by atomic mass is 10.1. The molecular weight excluding hydrogens is 256 g/mol. The van der Waals surface area contributed by atoms with E-state index in [2.05, 4.69) is 17.4 Å². The summed E-state index contributed by atoms with van der Waals surface area (Å²) in [4.78, 5) is 13.6. The third-order valence-corrected chi connectivity index (χ3v) is 3.24. The van der Waals surface area contributed by atoms with Crippen LogP contribution in [0.15, 0.2) is 30.3 Å². The molecular formula is C15H22N2O3. The maximum absolute atomic E-state index is 11.9. The number of nitrogens with zero attached hydrogens (tertiary/aromatic N) is 1. The summed E-state index contributed by atoms with van der Waals surface area (Å²) in [6.07, 6.45) is 0.817. The Hall–Kier alpha value is -1.59. The molecule has 1 aliphatic heterocycles. The van der Waals surface area contributed by atoms with Crippen LogP contribution in [0.5, 0.6) is 0 Å². The first-order chi connectivity index (χ1) is 9.75. The molecule has 5 nitrogen and oxygen atoms in total. The number of benzene rings is 1. The van der Waals surface area contributed by atoms with Gasteiger partial charge in [0.2, 0.25) is 0 Å². The topological polar surface area (TPSA) is 50.8 Å². The van der Waals surface area contributed by atoms with E-state index in [0.29, 0.717) is 32.9 Å². The standard InChI is InChI=1S/C15H22N2O3/c1-17(11-14-12-19-9-10-20-14)15(18)16-8-7-13-5-3-2-4-6-13/h2-6,14H,7-12H2,1H3,(H,16,18). The van der Waals surface area contributed by atoms with Gasteiger partial charge in [-0.05, 0) is 12.0 Å². The van der Waals surface area contributed by atoms with Crippen LogP contribution in [-0.4, -0.2) is 57.0 Å². The highest BCUT2D eigenvalue weighted by atomic mass is 16.6. The van der Waals surface area contributed by atoms with E-state index in [4.69, 9.17) is 9.47 Å². The van der Waals surface area contributed by atoms with Gasteiger partial charge in [-0.1, -0.05) is 30.3 Å². The molecule has 0 bridgehead atoms. The fourth-order valence-corrected chi connectivity index (χ4v) is 2.12. The van der Waals surface area contributed by atoms with Gasteiger partial charge in [0.05, 0.1) is 32.5 Å². The molecule has 1 N–H and O–H groups in total. The van der Waals surface area contributed by atoms with Crippen LogP contribution in [0.3, 0.4) is 0 Å². The van der Waals surface area contributed by atoms with Gasteiger partial charge in [-0.3, -0.25) is 0 Å². The zero-order chi connectivity index (χ0) is 14.2. The number of hydrogen-bond acceptors (Lipinski definition) is 3. The largest absolute Gasteiger partial charge is 0.376 e. The van der Waals surface area contributed by atoms with Crippen molar-refractivity contribution in [2.24, 2.45) is 0 Å². The molecule has 20 heavy (non-hydrogen) atoms. The van der Waals surface area contributed by atoms with Gasteiger partial charge >= 0.3 is 6.03 Å². The van der Waals surface area contributed by atoms with Crippen molar-refractivity contribution >= 4 is 6.03 Å². The Morgan fingerprint density at radius 1 is 1.35 bits per heavy atom. The maximum atomic E-state index is 11.9. The van der Waals surface area contributed by atoms with Crippen molar-refractivity contribution in [2.75, 3.05) is 40.0 Å². The summed E-state index contributed by atoms with van der Waals surface area (Å²) in [5.74, 6) is 0. The lowest BCUT2D eigenvalue weighted by Gasteiger charge is -2.27. The molecule has 0 spiro atoms. The maximum Gasteiger partial charge on any atom is 0.317 e. The van der Waals surface area contributed by atoms with Gasteiger partial charge in [0.25, 0.3) is 0 Å². The number of rotatable bonds is 5. The molecule has 2 amide bonds. The van der Waals surface area contributed by atoms with Gasteiger partial charge in [-0.15, -0.1) is 0 Å². The minimum Gasteiger partial charge on any atom is -0.376 e. The number of ether oxygens (including phenoxy) is 2. The molecule has 5 heteroatoms. The van der Waals surface area contributed by atoms with E-state index in [-0.39, 0.29) is 12.1 Å². The Morgan fingerprint density at radius 3 is 2.85 bits per heavy atom. The Morgan fingerprint density at radius 2 is 2.15 bits per heavy atom. The number of carbonyl (C=O) groups excluding carboxylic acids is 1. The van der Waals surface area contributed by atoms with Crippen LogP contribution < -0.4 is 5.32 Å². The van der Waals surface area contributed by atoms with Crippen LogP contribution in [-0.2, 0) is 15.9 Å². The Labute approximate surface area is 119 Å². The molecule has 1 atom stereocenters. The van der Waals surface area contributed by atoms with Gasteiger partial charge in [0.1, 0.15) is 0 Å². The molecule has 2 rings (SSSR count). The summed E-state index contributed by atoms with van der Waals surface area (Å²) in [5.41, 5.74) is 1.22. The second-order valence-electron chi connectivity index (χ2n) is 4.92. The van der Waals surface area contributed by atoms with Crippen molar-refractivity contribution in [2.45, 2.75) is 12.5 Å². The molecule has 1 saturated heterocycles. The molecule has 0 radical (unpaired) electrons. The molecule has 1 heterocycles. The number of amides is 2. The van der Waals surface area contributed by atoms with Gasteiger partial charge in [-0.25, -0.2) is 4.79 Å². The van der Waals surface area contributed by atoms with Crippen LogP contribution in [0.25, 0.3) is 0 Å². The molecule has 0 aliphatic carbocycles. The van der Waals surface area contributed by atoms with Gasteiger partial charge in [0.15, 0.2) is 0 Å². The predicted molar refractivity (Wildman–Crippen MR) is 76.7 cm³/mol. The van der Waals surface area contributed by atoms with Crippen LogP contribution in [0.1, 0.15) is 5.56 Å².